The lowest BCUT2D eigenvalue weighted by Crippen LogP contribution is -2.38. The lowest BCUT2D eigenvalue weighted by atomic mass is 9.80. The Bertz CT molecular complexity index is 1930. The molecule has 1 unspecified atom stereocenters. The number of rotatable bonds is 13. The van der Waals surface area contributed by atoms with Crippen molar-refractivity contribution in [3.05, 3.63) is 154 Å². The van der Waals surface area contributed by atoms with E-state index in [4.69, 9.17) is 23.5 Å². The Hall–Kier alpha value is -5.23. The molecule has 0 spiro atoms. The van der Waals surface area contributed by atoms with Crippen molar-refractivity contribution in [1.29, 1.82) is 0 Å². The van der Waals surface area contributed by atoms with Crippen LogP contribution >= 0.6 is 8.25 Å². The van der Waals surface area contributed by atoms with Crippen molar-refractivity contribution >= 4 is 20.0 Å². The van der Waals surface area contributed by atoms with Crippen molar-refractivity contribution in [2.24, 2.45) is 0 Å². The Morgan fingerprint density at radius 3 is 1.96 bits per heavy atom. The summed E-state index contributed by atoms with van der Waals surface area (Å²) >= 11 is 0. The Balaban J connectivity index is 0.00000504. The van der Waals surface area contributed by atoms with Crippen molar-refractivity contribution < 1.29 is 37.7 Å². The molecule has 1 saturated heterocycles. The van der Waals surface area contributed by atoms with Gasteiger partial charge < -0.3 is 29.2 Å². The van der Waals surface area contributed by atoms with Crippen LogP contribution in [0.15, 0.2) is 126 Å². The van der Waals surface area contributed by atoms with Crippen LogP contribution in [0.1, 0.15) is 47.1 Å². The van der Waals surface area contributed by atoms with Crippen LogP contribution in [0.25, 0.3) is 0 Å². The SMILES string of the molecule is C.COc1ccc(C(OC[C@H]2O[C@@H](n3ccc(NC(=O)c4ccccc4)nc3=O)C[C@H]2O[P+](=O)[O-])(c2ccccc2)c2ccc(OC)cc2)cc1. The summed E-state index contributed by atoms with van der Waals surface area (Å²) in [4.78, 5) is 41.6. The van der Waals surface area contributed by atoms with Gasteiger partial charge in [0, 0.05) is 18.2 Å². The second-order valence-electron chi connectivity index (χ2n) is 11.4. The molecule has 264 valence electrons. The Morgan fingerprint density at radius 2 is 1.43 bits per heavy atom. The van der Waals surface area contributed by atoms with Crippen LogP contribution in [0.2, 0.25) is 0 Å². The zero-order valence-electron chi connectivity index (χ0n) is 27.2. The van der Waals surface area contributed by atoms with Gasteiger partial charge in [0.2, 0.25) is 0 Å². The van der Waals surface area contributed by atoms with Crippen LogP contribution in [0, 0.1) is 0 Å². The molecule has 0 saturated carbocycles. The maximum absolute atomic E-state index is 13.2. The quantitative estimate of drug-likeness (QED) is 0.116. The van der Waals surface area contributed by atoms with E-state index in [2.05, 4.69) is 10.3 Å². The topological polar surface area (TPSA) is 150 Å². The summed E-state index contributed by atoms with van der Waals surface area (Å²) < 4.78 is 42.4. The number of nitrogens with one attached hydrogen (secondary N) is 1. The first-order valence-corrected chi connectivity index (χ1v) is 16.8. The lowest BCUT2D eigenvalue weighted by Gasteiger charge is -2.37. The second kappa shape index (κ2) is 16.7. The van der Waals surface area contributed by atoms with Gasteiger partial charge in [0.1, 0.15) is 41.4 Å². The third-order valence-electron chi connectivity index (χ3n) is 8.46. The molecule has 1 aliphatic heterocycles. The molecule has 0 aliphatic carbocycles. The molecule has 2 heterocycles. The summed E-state index contributed by atoms with van der Waals surface area (Å²) in [5, 5.41) is 2.61. The van der Waals surface area contributed by atoms with Crippen molar-refractivity contribution in [2.45, 2.75) is 37.9 Å². The smallest absolute Gasteiger partial charge is 0.488 e. The van der Waals surface area contributed by atoms with Crippen LogP contribution < -0.4 is 25.4 Å². The summed E-state index contributed by atoms with van der Waals surface area (Å²) in [6.45, 7) is -0.134. The van der Waals surface area contributed by atoms with Gasteiger partial charge in [-0.3, -0.25) is 9.36 Å². The number of ether oxygens (including phenoxy) is 4. The van der Waals surface area contributed by atoms with Crippen LogP contribution in [0.3, 0.4) is 0 Å². The summed E-state index contributed by atoms with van der Waals surface area (Å²) in [6, 6.07) is 34.5. The monoisotopic (exact) mass is 711 g/mol. The largest absolute Gasteiger partial charge is 0.566 e. The number of nitrogens with zero attached hydrogens (tertiary/aromatic N) is 2. The highest BCUT2D eigenvalue weighted by Gasteiger charge is 2.45. The Morgan fingerprint density at radius 1 is 0.882 bits per heavy atom. The van der Waals surface area contributed by atoms with Gasteiger partial charge in [0.15, 0.2) is 0 Å². The number of anilines is 1. The number of methoxy groups -OCH3 is 2. The number of hydrogen-bond donors (Lipinski definition) is 1. The van der Waals surface area contributed by atoms with E-state index in [1.165, 1.54) is 16.8 Å². The molecule has 1 aliphatic rings. The minimum atomic E-state index is -3.27. The van der Waals surface area contributed by atoms with Crippen LogP contribution in [0.4, 0.5) is 5.82 Å². The molecule has 0 bridgehead atoms. The van der Waals surface area contributed by atoms with E-state index in [1.807, 2.05) is 78.9 Å². The van der Waals surface area contributed by atoms with Crippen LogP contribution in [0.5, 0.6) is 11.5 Å². The molecular weight excluding hydrogens is 673 g/mol. The molecule has 12 nitrogen and oxygen atoms in total. The minimum Gasteiger partial charge on any atom is -0.566 e. The van der Waals surface area contributed by atoms with E-state index >= 15 is 0 Å². The van der Waals surface area contributed by atoms with Crippen LogP contribution in [-0.2, 0) is 24.2 Å². The van der Waals surface area contributed by atoms with E-state index in [1.54, 1.807) is 44.6 Å². The summed E-state index contributed by atoms with van der Waals surface area (Å²) in [6.07, 6.45) is -1.39. The molecule has 1 N–H and O–H groups in total. The first-order chi connectivity index (χ1) is 24.3. The van der Waals surface area contributed by atoms with Gasteiger partial charge in [-0.25, -0.2) is 4.79 Å². The fourth-order valence-electron chi connectivity index (χ4n) is 6.00. The molecule has 4 atom stereocenters. The van der Waals surface area contributed by atoms with Crippen molar-refractivity contribution in [3.8, 4) is 11.5 Å². The number of benzene rings is 4. The van der Waals surface area contributed by atoms with Gasteiger partial charge in [-0.2, -0.15) is 4.98 Å². The molecule has 6 rings (SSSR count). The normalized spacial score (nSPS) is 17.2. The molecule has 1 amide bonds. The van der Waals surface area contributed by atoms with E-state index in [-0.39, 0.29) is 26.3 Å². The summed E-state index contributed by atoms with van der Waals surface area (Å²) in [5.41, 5.74) is 0.828. The van der Waals surface area contributed by atoms with Gasteiger partial charge in [0.25, 0.3) is 5.91 Å². The maximum atomic E-state index is 13.2. The second-order valence-corrected chi connectivity index (χ2v) is 12.0. The van der Waals surface area contributed by atoms with Gasteiger partial charge in [-0.1, -0.05) is 80.2 Å². The van der Waals surface area contributed by atoms with Gasteiger partial charge >= 0.3 is 13.9 Å². The molecule has 5 aromatic rings. The predicted octanol–water partition coefficient (Wildman–Crippen LogP) is 5.85. The zero-order chi connectivity index (χ0) is 35.1. The number of aromatic nitrogens is 2. The fraction of sp³-hybridized carbons (Fsp3) is 0.237. The average Bonchev–Trinajstić information content (AvgIpc) is 3.54. The number of carbonyl (C=O) groups is 1. The number of carbonyl (C=O) groups excluding carboxylic acids is 1. The van der Waals surface area contributed by atoms with Gasteiger partial charge in [-0.05, 0) is 63.7 Å². The number of hydrogen-bond acceptors (Lipinski definition) is 10. The molecule has 0 radical (unpaired) electrons. The Labute approximate surface area is 296 Å². The van der Waals surface area contributed by atoms with Crippen molar-refractivity contribution in [2.75, 3.05) is 26.1 Å². The van der Waals surface area contributed by atoms with E-state index < -0.39 is 43.9 Å². The molecule has 4 aromatic carbocycles. The molecule has 13 heteroatoms. The molecule has 1 fully saturated rings. The predicted molar refractivity (Wildman–Crippen MR) is 189 cm³/mol. The zero-order valence-corrected chi connectivity index (χ0v) is 28.1. The van der Waals surface area contributed by atoms with E-state index in [9.17, 15) is 19.0 Å². The standard InChI is InChI=1S/C37H34N3O9P.CH4/c1-45-29-17-13-27(14-18-29)37(26-11-7-4-8-12-26,28-15-19-30(46-2)20-16-28)47-24-32-31(49-50(43)44)23-34(48-32)40-22-21-33(39-36(40)42)38-35(41)25-9-5-3-6-10-25;/h3-22,31-32,34H,23-24H2,1-2H3,(H,38,39,41,42);1H4/t31-,32-,34-;/m1./s1. The summed E-state index contributed by atoms with van der Waals surface area (Å²) in [7, 11) is -0.0931. The third kappa shape index (κ3) is 8.23. The fourth-order valence-corrected chi connectivity index (χ4v) is 6.45. The lowest BCUT2D eigenvalue weighted by molar-refractivity contribution is -0.192. The molecular formula is C38H38N3O9P. The average molecular weight is 712 g/mol. The maximum Gasteiger partial charge on any atom is 0.488 e. The van der Waals surface area contributed by atoms with Crippen molar-refractivity contribution in [1.82, 2.24) is 9.55 Å². The first kappa shape index (κ1) is 37.0. The van der Waals surface area contributed by atoms with Gasteiger partial charge in [-0.15, -0.1) is 4.52 Å². The molecule has 51 heavy (non-hydrogen) atoms. The third-order valence-corrected chi connectivity index (χ3v) is 8.90. The number of amides is 1. The molecule has 1 aromatic heterocycles. The van der Waals surface area contributed by atoms with Gasteiger partial charge in [0.05, 0.1) is 20.8 Å². The first-order valence-electron chi connectivity index (χ1n) is 15.7. The minimum absolute atomic E-state index is 0. The highest BCUT2D eigenvalue weighted by atomic mass is 31.1. The highest BCUT2D eigenvalue weighted by molar-refractivity contribution is 7.30. The van der Waals surface area contributed by atoms with Crippen molar-refractivity contribution in [3.63, 3.8) is 0 Å². The Kier molecular flexibility index (Phi) is 12.1. The van der Waals surface area contributed by atoms with E-state index in [0.29, 0.717) is 17.1 Å². The summed E-state index contributed by atoms with van der Waals surface area (Å²) in [5.74, 6) is 0.947. The van der Waals surface area contributed by atoms with Crippen LogP contribution in [-0.4, -0.2) is 48.5 Å². The highest BCUT2D eigenvalue weighted by Crippen LogP contribution is 2.43. The van der Waals surface area contributed by atoms with E-state index in [0.717, 1.165) is 16.7 Å².